The lowest BCUT2D eigenvalue weighted by Crippen LogP contribution is -2.59. The molecule has 114 valence electrons. The Morgan fingerprint density at radius 1 is 1.00 bits per heavy atom. The molecule has 1 aliphatic heterocycles. The molecule has 0 aliphatic carbocycles. The Kier molecular flexibility index (Phi) is 5.17. The van der Waals surface area contributed by atoms with E-state index in [2.05, 4.69) is 33.9 Å². The molecule has 6 nitrogen and oxygen atoms in total. The van der Waals surface area contributed by atoms with Gasteiger partial charge in [-0.25, -0.2) is 0 Å². The van der Waals surface area contributed by atoms with Crippen LogP contribution in [0.1, 0.15) is 20.8 Å². The molecule has 0 saturated carbocycles. The van der Waals surface area contributed by atoms with E-state index in [0.29, 0.717) is 0 Å². The van der Waals surface area contributed by atoms with E-state index in [1.165, 1.54) is 0 Å². The molecule has 7 heteroatoms. The van der Waals surface area contributed by atoms with Crippen LogP contribution in [0.5, 0.6) is 0 Å². The summed E-state index contributed by atoms with van der Waals surface area (Å²) >= 11 is 0. The van der Waals surface area contributed by atoms with Crippen molar-refractivity contribution in [2.45, 2.75) is 69.6 Å². The van der Waals surface area contributed by atoms with E-state index in [0.717, 1.165) is 0 Å². The molecule has 0 aromatic rings. The molecule has 1 rings (SSSR count). The van der Waals surface area contributed by atoms with Crippen molar-refractivity contribution in [2.75, 3.05) is 6.61 Å². The van der Waals surface area contributed by atoms with Crippen LogP contribution in [0.4, 0.5) is 0 Å². The van der Waals surface area contributed by atoms with Gasteiger partial charge in [-0.05, 0) is 18.1 Å². The Hall–Kier alpha value is -0.0231. The molecular formula is C12H26O6Si. The molecule has 0 unspecified atom stereocenters. The third-order valence-corrected chi connectivity index (χ3v) is 8.60. The van der Waals surface area contributed by atoms with Gasteiger partial charge >= 0.3 is 0 Å². The van der Waals surface area contributed by atoms with Crippen LogP contribution in [0.15, 0.2) is 0 Å². The first-order valence-corrected chi connectivity index (χ1v) is 9.40. The number of hydrogen-bond acceptors (Lipinski definition) is 6. The number of hydrogen-bond donors (Lipinski definition) is 4. The maximum absolute atomic E-state index is 9.81. The van der Waals surface area contributed by atoms with Crippen molar-refractivity contribution in [3.8, 4) is 0 Å². The van der Waals surface area contributed by atoms with Crippen molar-refractivity contribution in [3.05, 3.63) is 0 Å². The number of aliphatic hydroxyl groups is 4. The van der Waals surface area contributed by atoms with Crippen LogP contribution in [0.3, 0.4) is 0 Å². The van der Waals surface area contributed by atoms with Crippen molar-refractivity contribution >= 4 is 8.32 Å². The van der Waals surface area contributed by atoms with Gasteiger partial charge in [0.15, 0.2) is 14.6 Å². The van der Waals surface area contributed by atoms with E-state index >= 15 is 0 Å². The average Bonchev–Trinajstić information content (AvgIpc) is 2.28. The summed E-state index contributed by atoms with van der Waals surface area (Å²) in [4.78, 5) is 0. The summed E-state index contributed by atoms with van der Waals surface area (Å²) in [5.41, 5.74) is 0. The fraction of sp³-hybridized carbons (Fsp3) is 1.00. The van der Waals surface area contributed by atoms with Crippen LogP contribution < -0.4 is 0 Å². The van der Waals surface area contributed by atoms with Gasteiger partial charge in [-0.3, -0.25) is 0 Å². The summed E-state index contributed by atoms with van der Waals surface area (Å²) in [6.45, 7) is 10.5. The number of ether oxygens (including phenoxy) is 1. The number of aliphatic hydroxyl groups excluding tert-OH is 4. The van der Waals surface area contributed by atoms with Crippen LogP contribution in [-0.2, 0) is 9.16 Å². The van der Waals surface area contributed by atoms with Gasteiger partial charge in [0.25, 0.3) is 0 Å². The number of rotatable bonds is 3. The zero-order valence-corrected chi connectivity index (χ0v) is 13.2. The van der Waals surface area contributed by atoms with E-state index in [1.54, 1.807) is 0 Å². The van der Waals surface area contributed by atoms with E-state index in [9.17, 15) is 20.4 Å². The largest absolute Gasteiger partial charge is 0.414 e. The highest BCUT2D eigenvalue weighted by Crippen LogP contribution is 2.37. The molecular weight excluding hydrogens is 268 g/mol. The molecule has 4 N–H and O–H groups in total. The van der Waals surface area contributed by atoms with Crippen molar-refractivity contribution < 1.29 is 29.6 Å². The Morgan fingerprint density at radius 3 is 2.00 bits per heavy atom. The summed E-state index contributed by atoms with van der Waals surface area (Å²) < 4.78 is 11.0. The Labute approximate surface area is 115 Å². The van der Waals surface area contributed by atoms with Crippen LogP contribution >= 0.6 is 0 Å². The molecule has 1 aliphatic rings. The predicted molar refractivity (Wildman–Crippen MR) is 72.0 cm³/mol. The zero-order valence-electron chi connectivity index (χ0n) is 12.2. The fourth-order valence-corrected chi connectivity index (χ4v) is 2.59. The first kappa shape index (κ1) is 17.0. The van der Waals surface area contributed by atoms with E-state index in [4.69, 9.17) is 9.16 Å². The summed E-state index contributed by atoms with van der Waals surface area (Å²) in [6.07, 6.45) is -6.56. The molecule has 1 heterocycles. The topological polar surface area (TPSA) is 99.4 Å². The summed E-state index contributed by atoms with van der Waals surface area (Å²) in [5, 5.41) is 38.2. The van der Waals surface area contributed by atoms with E-state index in [-0.39, 0.29) is 11.6 Å². The minimum atomic E-state index is -2.00. The average molecular weight is 294 g/mol. The highest BCUT2D eigenvalue weighted by Gasteiger charge is 2.45. The van der Waals surface area contributed by atoms with Crippen LogP contribution in [0.2, 0.25) is 18.1 Å². The zero-order chi connectivity index (χ0) is 15.0. The molecule has 19 heavy (non-hydrogen) atoms. The lowest BCUT2D eigenvalue weighted by Gasteiger charge is -2.41. The Bertz CT molecular complexity index is 303. The molecule has 5 atom stereocenters. The summed E-state index contributed by atoms with van der Waals surface area (Å²) in [7, 11) is -2.00. The van der Waals surface area contributed by atoms with Crippen molar-refractivity contribution in [2.24, 2.45) is 0 Å². The van der Waals surface area contributed by atoms with Gasteiger partial charge < -0.3 is 29.6 Å². The predicted octanol–water partition coefficient (Wildman–Crippen LogP) is -0.192. The molecule has 1 saturated heterocycles. The van der Waals surface area contributed by atoms with Gasteiger partial charge in [-0.2, -0.15) is 0 Å². The minimum Gasteiger partial charge on any atom is -0.414 e. The van der Waals surface area contributed by atoms with Crippen molar-refractivity contribution in [3.63, 3.8) is 0 Å². The van der Waals surface area contributed by atoms with Crippen LogP contribution in [-0.4, -0.2) is 66.1 Å². The highest BCUT2D eigenvalue weighted by atomic mass is 28.4. The second-order valence-corrected chi connectivity index (χ2v) is 11.4. The standard InChI is InChI=1S/C12H26O6Si/c1-12(2,3)19(4,5)17-6-7-8(13)9(14)10(15)11(16)18-7/h7-11,13-16H,6H2,1-5H3/t7-,8-,9+,10+,11+/m1/s1. The summed E-state index contributed by atoms with van der Waals surface area (Å²) in [6, 6.07) is 0. The lowest BCUT2D eigenvalue weighted by atomic mass is 10.00. The van der Waals surface area contributed by atoms with Crippen molar-refractivity contribution in [1.82, 2.24) is 0 Å². The first-order valence-electron chi connectivity index (χ1n) is 6.49. The third kappa shape index (κ3) is 3.75. The Morgan fingerprint density at radius 2 is 1.53 bits per heavy atom. The molecule has 0 aromatic heterocycles. The van der Waals surface area contributed by atoms with Gasteiger partial charge in [-0.1, -0.05) is 20.8 Å². The molecule has 0 bridgehead atoms. The minimum absolute atomic E-state index is 0.0172. The van der Waals surface area contributed by atoms with Gasteiger partial charge in [0, 0.05) is 0 Å². The Balaban J connectivity index is 2.63. The van der Waals surface area contributed by atoms with Gasteiger partial charge in [0.1, 0.15) is 24.4 Å². The fourth-order valence-electron chi connectivity index (χ4n) is 1.58. The second-order valence-electron chi connectivity index (χ2n) is 6.61. The van der Waals surface area contributed by atoms with Gasteiger partial charge in [0.2, 0.25) is 0 Å². The maximum atomic E-state index is 9.81. The monoisotopic (exact) mass is 294 g/mol. The lowest BCUT2D eigenvalue weighted by molar-refractivity contribution is -0.285. The molecule has 0 radical (unpaired) electrons. The maximum Gasteiger partial charge on any atom is 0.192 e. The van der Waals surface area contributed by atoms with Crippen molar-refractivity contribution in [1.29, 1.82) is 0 Å². The molecule has 0 amide bonds. The van der Waals surface area contributed by atoms with Crippen LogP contribution in [0, 0.1) is 0 Å². The normalized spacial score (nSPS) is 37.4. The molecule has 1 fully saturated rings. The smallest absolute Gasteiger partial charge is 0.192 e. The highest BCUT2D eigenvalue weighted by molar-refractivity contribution is 6.74. The molecule has 0 spiro atoms. The molecule has 0 aromatic carbocycles. The van der Waals surface area contributed by atoms with E-state index < -0.39 is 39.0 Å². The van der Waals surface area contributed by atoms with E-state index in [1.807, 2.05) is 0 Å². The third-order valence-electron chi connectivity index (χ3n) is 4.10. The quantitative estimate of drug-likeness (QED) is 0.538. The van der Waals surface area contributed by atoms with Crippen LogP contribution in [0.25, 0.3) is 0 Å². The second kappa shape index (κ2) is 5.77. The summed E-state index contributed by atoms with van der Waals surface area (Å²) in [5.74, 6) is 0. The van der Waals surface area contributed by atoms with Gasteiger partial charge in [-0.15, -0.1) is 0 Å². The first-order chi connectivity index (χ1) is 8.47. The SMILES string of the molecule is CC(C)(C)[Si](C)(C)OC[C@H]1O[C@H](O)[C@@H](O)[C@@H](O)[C@@H]1O. The van der Waals surface area contributed by atoms with Gasteiger partial charge in [0.05, 0.1) is 6.61 Å².